The highest BCUT2D eigenvalue weighted by molar-refractivity contribution is 7.15. The minimum Gasteiger partial charge on any atom is -0.276 e. The van der Waals surface area contributed by atoms with Gasteiger partial charge in [-0.2, -0.15) is 0 Å². The quantitative estimate of drug-likeness (QED) is 0.783. The first kappa shape index (κ1) is 15.5. The molecule has 0 aromatic carbocycles. The van der Waals surface area contributed by atoms with Crippen molar-refractivity contribution in [3.8, 4) is 0 Å². The Morgan fingerprint density at radius 3 is 2.71 bits per heavy atom. The molecule has 2 aliphatic rings. The summed E-state index contributed by atoms with van der Waals surface area (Å²) in [6.07, 6.45) is 5.06. The number of carbonyl (C=O) groups is 2. The van der Waals surface area contributed by atoms with Gasteiger partial charge in [-0.05, 0) is 19.8 Å². The molecule has 2 aromatic heterocycles. The fraction of sp³-hybridized carbons (Fsp3) is 0.529. The first-order valence-corrected chi connectivity index (χ1v) is 9.20. The van der Waals surface area contributed by atoms with Gasteiger partial charge in [0.2, 0.25) is 11.8 Å². The SMILES string of the molecule is Cc1csc2nc(CN3C(=O)CC4(CCCCC4)C3=O)cc(=O)n12. The second kappa shape index (κ2) is 5.51. The summed E-state index contributed by atoms with van der Waals surface area (Å²) in [6.45, 7) is 1.95. The number of rotatable bonds is 2. The van der Waals surface area contributed by atoms with Crippen molar-refractivity contribution in [1.29, 1.82) is 0 Å². The van der Waals surface area contributed by atoms with Crippen LogP contribution >= 0.6 is 11.3 Å². The van der Waals surface area contributed by atoms with E-state index < -0.39 is 5.41 Å². The van der Waals surface area contributed by atoms with Crippen LogP contribution in [0.4, 0.5) is 0 Å². The summed E-state index contributed by atoms with van der Waals surface area (Å²) < 4.78 is 1.55. The molecule has 3 heterocycles. The lowest BCUT2D eigenvalue weighted by atomic mass is 9.73. The Balaban J connectivity index is 1.64. The molecule has 2 fully saturated rings. The van der Waals surface area contributed by atoms with E-state index in [0.717, 1.165) is 37.8 Å². The van der Waals surface area contributed by atoms with Gasteiger partial charge in [-0.1, -0.05) is 19.3 Å². The van der Waals surface area contributed by atoms with Crippen molar-refractivity contribution in [2.75, 3.05) is 0 Å². The van der Waals surface area contributed by atoms with E-state index in [2.05, 4.69) is 4.98 Å². The molecule has 1 spiro atoms. The molecule has 0 N–H and O–H groups in total. The molecule has 0 unspecified atom stereocenters. The molecule has 7 heteroatoms. The number of likely N-dealkylation sites (tertiary alicyclic amines) is 1. The zero-order valence-corrected chi connectivity index (χ0v) is 14.4. The largest absolute Gasteiger partial charge is 0.276 e. The highest BCUT2D eigenvalue weighted by atomic mass is 32.1. The molecular weight excluding hydrogens is 326 g/mol. The molecule has 1 aliphatic carbocycles. The predicted molar refractivity (Wildman–Crippen MR) is 89.8 cm³/mol. The number of aromatic nitrogens is 2. The van der Waals surface area contributed by atoms with Gasteiger partial charge in [0.05, 0.1) is 17.7 Å². The summed E-state index contributed by atoms with van der Waals surface area (Å²) in [7, 11) is 0. The van der Waals surface area contributed by atoms with E-state index >= 15 is 0 Å². The second-order valence-electron chi connectivity index (χ2n) is 6.88. The Hall–Kier alpha value is -2.02. The van der Waals surface area contributed by atoms with Crippen LogP contribution in [0.1, 0.15) is 49.9 Å². The van der Waals surface area contributed by atoms with Crippen LogP contribution in [0.5, 0.6) is 0 Å². The molecule has 24 heavy (non-hydrogen) atoms. The van der Waals surface area contributed by atoms with Crippen LogP contribution in [-0.4, -0.2) is 26.1 Å². The van der Waals surface area contributed by atoms with Gasteiger partial charge in [0, 0.05) is 23.6 Å². The van der Waals surface area contributed by atoms with E-state index in [4.69, 9.17) is 0 Å². The van der Waals surface area contributed by atoms with Crippen LogP contribution in [0.3, 0.4) is 0 Å². The van der Waals surface area contributed by atoms with Gasteiger partial charge in [0.25, 0.3) is 5.56 Å². The lowest BCUT2D eigenvalue weighted by Gasteiger charge is -2.30. The van der Waals surface area contributed by atoms with E-state index in [1.54, 1.807) is 4.40 Å². The molecule has 2 aromatic rings. The van der Waals surface area contributed by atoms with Crippen molar-refractivity contribution < 1.29 is 9.59 Å². The Labute approximate surface area is 143 Å². The summed E-state index contributed by atoms with van der Waals surface area (Å²) in [5.41, 5.74) is 0.665. The maximum Gasteiger partial charge on any atom is 0.259 e. The maximum atomic E-state index is 12.8. The van der Waals surface area contributed by atoms with E-state index in [9.17, 15) is 14.4 Å². The van der Waals surface area contributed by atoms with Crippen LogP contribution < -0.4 is 5.56 Å². The summed E-state index contributed by atoms with van der Waals surface area (Å²) in [4.78, 5) is 43.9. The van der Waals surface area contributed by atoms with E-state index in [1.165, 1.54) is 22.3 Å². The lowest BCUT2D eigenvalue weighted by Crippen LogP contribution is -2.37. The number of hydrogen-bond acceptors (Lipinski definition) is 5. The third-order valence-electron chi connectivity index (χ3n) is 5.25. The molecule has 0 bridgehead atoms. The number of thiazole rings is 1. The van der Waals surface area contributed by atoms with Crippen LogP contribution in [0.25, 0.3) is 4.96 Å². The molecule has 6 nitrogen and oxygen atoms in total. The molecular formula is C17H19N3O3S. The van der Waals surface area contributed by atoms with Crippen LogP contribution in [0, 0.1) is 12.3 Å². The van der Waals surface area contributed by atoms with Crippen molar-refractivity contribution in [2.24, 2.45) is 5.41 Å². The van der Waals surface area contributed by atoms with Crippen molar-refractivity contribution in [3.63, 3.8) is 0 Å². The first-order valence-electron chi connectivity index (χ1n) is 8.32. The number of hydrogen-bond donors (Lipinski definition) is 0. The number of aryl methyl sites for hydroxylation is 1. The smallest absolute Gasteiger partial charge is 0.259 e. The average molecular weight is 345 g/mol. The number of imide groups is 1. The summed E-state index contributed by atoms with van der Waals surface area (Å²) in [5, 5.41) is 1.87. The minimum atomic E-state index is -0.492. The Kier molecular flexibility index (Phi) is 3.56. The molecule has 0 atom stereocenters. The van der Waals surface area contributed by atoms with Gasteiger partial charge in [0.15, 0.2) is 4.96 Å². The van der Waals surface area contributed by atoms with Gasteiger partial charge in [-0.15, -0.1) is 11.3 Å². The standard InChI is InChI=1S/C17H19N3O3S/c1-11-10-24-16-18-12(7-13(21)20(11)16)9-19-14(22)8-17(15(19)23)5-3-2-4-6-17/h7,10H,2-6,8-9H2,1H3. The fourth-order valence-corrected chi connectivity index (χ4v) is 4.87. The van der Waals surface area contributed by atoms with Crippen molar-refractivity contribution >= 4 is 28.1 Å². The summed E-state index contributed by atoms with van der Waals surface area (Å²) in [5.74, 6) is -0.206. The van der Waals surface area contributed by atoms with Gasteiger partial charge in [0.1, 0.15) is 0 Å². The minimum absolute atomic E-state index is 0.0726. The number of fused-ring (bicyclic) bond motifs is 1. The Morgan fingerprint density at radius 2 is 1.96 bits per heavy atom. The normalized spacial score (nSPS) is 20.5. The van der Waals surface area contributed by atoms with Crippen molar-refractivity contribution in [2.45, 2.75) is 52.0 Å². The fourth-order valence-electron chi connectivity index (χ4n) is 3.98. The molecule has 1 saturated heterocycles. The molecule has 0 radical (unpaired) electrons. The predicted octanol–water partition coefficient (Wildman–Crippen LogP) is 2.27. The number of carbonyl (C=O) groups excluding carboxylic acids is 2. The molecule has 1 saturated carbocycles. The lowest BCUT2D eigenvalue weighted by molar-refractivity contribution is -0.143. The number of amides is 2. The molecule has 1 aliphatic heterocycles. The Morgan fingerprint density at radius 1 is 1.21 bits per heavy atom. The van der Waals surface area contributed by atoms with Crippen LogP contribution in [0.2, 0.25) is 0 Å². The zero-order chi connectivity index (χ0) is 16.9. The highest BCUT2D eigenvalue weighted by Crippen LogP contribution is 2.45. The highest BCUT2D eigenvalue weighted by Gasteiger charge is 2.51. The van der Waals surface area contributed by atoms with Gasteiger partial charge in [-0.25, -0.2) is 4.98 Å². The molecule has 4 rings (SSSR count). The van der Waals surface area contributed by atoms with E-state index in [1.807, 2.05) is 12.3 Å². The molecule has 2 amide bonds. The Bertz CT molecular complexity index is 892. The second-order valence-corrected chi connectivity index (χ2v) is 7.72. The first-order chi connectivity index (χ1) is 11.5. The summed E-state index contributed by atoms with van der Waals surface area (Å²) in [6, 6.07) is 1.43. The van der Waals surface area contributed by atoms with Crippen LogP contribution in [-0.2, 0) is 16.1 Å². The number of nitrogens with zero attached hydrogens (tertiary/aromatic N) is 3. The summed E-state index contributed by atoms with van der Waals surface area (Å²) >= 11 is 1.39. The topological polar surface area (TPSA) is 71.8 Å². The van der Waals surface area contributed by atoms with E-state index in [0.29, 0.717) is 17.1 Å². The van der Waals surface area contributed by atoms with Crippen molar-refractivity contribution in [1.82, 2.24) is 14.3 Å². The van der Waals surface area contributed by atoms with Gasteiger partial charge < -0.3 is 0 Å². The van der Waals surface area contributed by atoms with Gasteiger partial charge >= 0.3 is 0 Å². The maximum absolute atomic E-state index is 12.8. The third kappa shape index (κ3) is 2.30. The van der Waals surface area contributed by atoms with E-state index in [-0.39, 0.29) is 23.9 Å². The van der Waals surface area contributed by atoms with Crippen molar-refractivity contribution in [3.05, 3.63) is 33.2 Å². The van der Waals surface area contributed by atoms with Gasteiger partial charge in [-0.3, -0.25) is 23.7 Å². The van der Waals surface area contributed by atoms with Crippen LogP contribution in [0.15, 0.2) is 16.2 Å². The molecule has 126 valence electrons. The third-order valence-corrected chi connectivity index (χ3v) is 6.19. The zero-order valence-electron chi connectivity index (χ0n) is 13.6. The average Bonchev–Trinajstić information content (AvgIpc) is 3.03. The monoisotopic (exact) mass is 345 g/mol.